The number of epoxide rings is 1. The fraction of sp³-hybridized carbons (Fsp3) is 0.381. The largest absolute Gasteiger partial charge is 0.502 e. The fourth-order valence-electron chi connectivity index (χ4n) is 3.32. The molecule has 0 radical (unpaired) electrons. The predicted octanol–water partition coefficient (Wildman–Crippen LogP) is 2.17. The lowest BCUT2D eigenvalue weighted by Crippen LogP contribution is -2.31. The molecule has 2 aliphatic heterocycles. The lowest BCUT2D eigenvalue weighted by atomic mass is 9.95. The van der Waals surface area contributed by atoms with Crippen LogP contribution in [0.4, 0.5) is 0 Å². The van der Waals surface area contributed by atoms with Gasteiger partial charge in [0.1, 0.15) is 17.1 Å². The van der Waals surface area contributed by atoms with Crippen LogP contribution in [0.3, 0.4) is 0 Å². The predicted molar refractivity (Wildman–Crippen MR) is 104 cm³/mol. The molecule has 166 valence electrons. The zero-order valence-corrected chi connectivity index (χ0v) is 17.2. The minimum atomic E-state index is -1.36. The molecule has 2 aromatic rings. The van der Waals surface area contributed by atoms with Gasteiger partial charge in [0, 0.05) is 33.0 Å². The Kier molecular flexibility index (Phi) is 5.88. The molecule has 10 heteroatoms. The maximum Gasteiger partial charge on any atom is 0.272 e. The number of fused-ring (bicyclic) bond motifs is 2. The zero-order valence-electron chi connectivity index (χ0n) is 17.2. The molecule has 2 atom stereocenters. The summed E-state index contributed by atoms with van der Waals surface area (Å²) in [6, 6.07) is 8.22. The third kappa shape index (κ3) is 3.74. The maximum atomic E-state index is 13.2. The van der Waals surface area contributed by atoms with Crippen molar-refractivity contribution >= 4 is 5.78 Å². The quantitative estimate of drug-likeness (QED) is 0.441. The van der Waals surface area contributed by atoms with Crippen LogP contribution in [0, 0.1) is 0 Å². The van der Waals surface area contributed by atoms with Crippen LogP contribution in [-0.2, 0) is 24.7 Å². The first kappa shape index (κ1) is 21.2. The highest BCUT2D eigenvalue weighted by Crippen LogP contribution is 2.59. The average molecular weight is 434 g/mol. The maximum absolute atomic E-state index is 13.2. The summed E-state index contributed by atoms with van der Waals surface area (Å²) in [5, 5.41) is 10.7. The van der Waals surface area contributed by atoms with Gasteiger partial charge >= 0.3 is 0 Å². The van der Waals surface area contributed by atoms with Crippen molar-refractivity contribution in [3.8, 4) is 28.7 Å². The van der Waals surface area contributed by atoms with E-state index in [2.05, 4.69) is 0 Å². The number of rotatable bonds is 10. The molecule has 1 saturated heterocycles. The number of ketones is 1. The van der Waals surface area contributed by atoms with Crippen LogP contribution in [0.5, 0.6) is 28.7 Å². The highest BCUT2D eigenvalue weighted by molar-refractivity contribution is 6.08. The zero-order chi connectivity index (χ0) is 22.0. The molecule has 0 amide bonds. The summed E-state index contributed by atoms with van der Waals surface area (Å²) in [6.45, 7) is -0.140. The number of benzene rings is 2. The van der Waals surface area contributed by atoms with E-state index in [0.717, 1.165) is 0 Å². The molecule has 1 fully saturated rings. The Bertz CT molecular complexity index is 958. The van der Waals surface area contributed by atoms with Crippen molar-refractivity contribution in [2.24, 2.45) is 0 Å². The third-order valence-corrected chi connectivity index (χ3v) is 4.77. The summed E-state index contributed by atoms with van der Waals surface area (Å²) < 4.78 is 42.7. The highest BCUT2D eigenvalue weighted by atomic mass is 16.8. The van der Waals surface area contributed by atoms with Crippen molar-refractivity contribution in [1.82, 2.24) is 0 Å². The van der Waals surface area contributed by atoms with Gasteiger partial charge in [-0.1, -0.05) is 0 Å². The van der Waals surface area contributed by atoms with Gasteiger partial charge in [-0.25, -0.2) is 0 Å². The van der Waals surface area contributed by atoms with Crippen molar-refractivity contribution in [2.75, 3.05) is 41.7 Å². The van der Waals surface area contributed by atoms with Gasteiger partial charge in [0.05, 0.1) is 0 Å². The van der Waals surface area contributed by atoms with Gasteiger partial charge in [-0.2, -0.15) is 0 Å². The molecule has 0 aliphatic carbocycles. The molecule has 31 heavy (non-hydrogen) atoms. The number of methoxy groups -OCH3 is 3. The van der Waals surface area contributed by atoms with Crippen LogP contribution in [-0.4, -0.2) is 58.7 Å². The molecular weight excluding hydrogens is 412 g/mol. The Morgan fingerprint density at radius 1 is 0.935 bits per heavy atom. The van der Waals surface area contributed by atoms with E-state index >= 15 is 0 Å². The average Bonchev–Trinajstić information content (AvgIpc) is 3.53. The second kappa shape index (κ2) is 8.60. The summed E-state index contributed by atoms with van der Waals surface area (Å²) >= 11 is 0. The van der Waals surface area contributed by atoms with Crippen LogP contribution in [0.1, 0.15) is 15.9 Å². The van der Waals surface area contributed by atoms with E-state index in [1.54, 1.807) is 24.3 Å². The van der Waals surface area contributed by atoms with Crippen LogP contribution in [0.25, 0.3) is 0 Å². The second-order valence-corrected chi connectivity index (χ2v) is 6.73. The number of hydrogen-bond donors (Lipinski definition) is 1. The molecule has 0 aromatic heterocycles. The van der Waals surface area contributed by atoms with Gasteiger partial charge < -0.3 is 43.0 Å². The van der Waals surface area contributed by atoms with Gasteiger partial charge in [-0.05, 0) is 24.3 Å². The molecule has 10 nitrogen and oxygen atoms in total. The number of aromatic hydroxyl groups is 1. The van der Waals surface area contributed by atoms with E-state index in [0.29, 0.717) is 11.3 Å². The lowest BCUT2D eigenvalue weighted by molar-refractivity contribution is 0.0369. The number of ether oxygens (including phenoxy) is 8. The van der Waals surface area contributed by atoms with Crippen molar-refractivity contribution < 1.29 is 47.8 Å². The Labute approximate surface area is 178 Å². The standard InChI is InChI=1S/C21H22O10/c1-24-9-27-13-6-4-12(5-7-13)21-20(31-21)18(23)16-14(28-10-25-2)8-15(29-11-26-3)17(22)19(16)30-21/h4-8,20,22H,9-11H2,1-3H3. The summed E-state index contributed by atoms with van der Waals surface area (Å²) in [5.74, 6) is -1.47. The van der Waals surface area contributed by atoms with E-state index in [4.69, 9.17) is 37.9 Å². The summed E-state index contributed by atoms with van der Waals surface area (Å²) in [5.41, 5.74) is 0.640. The monoisotopic (exact) mass is 434 g/mol. The van der Waals surface area contributed by atoms with Crippen molar-refractivity contribution in [3.63, 3.8) is 0 Å². The van der Waals surface area contributed by atoms with Crippen LogP contribution in [0.15, 0.2) is 30.3 Å². The van der Waals surface area contributed by atoms with E-state index in [1.165, 1.54) is 27.4 Å². The summed E-state index contributed by atoms with van der Waals surface area (Å²) in [7, 11) is 4.41. The third-order valence-electron chi connectivity index (χ3n) is 4.77. The number of phenols is 1. The first-order valence-corrected chi connectivity index (χ1v) is 9.32. The SMILES string of the molecule is COCOc1ccc(C23Oc4c(O)c(OCOC)cc(OCOC)c4C(=O)C2O3)cc1. The smallest absolute Gasteiger partial charge is 0.272 e. The highest BCUT2D eigenvalue weighted by Gasteiger charge is 2.69. The van der Waals surface area contributed by atoms with E-state index in [-0.39, 0.29) is 54.7 Å². The summed E-state index contributed by atoms with van der Waals surface area (Å²) in [6.07, 6.45) is -0.888. The van der Waals surface area contributed by atoms with Crippen LogP contribution >= 0.6 is 0 Å². The van der Waals surface area contributed by atoms with Gasteiger partial charge in [-0.3, -0.25) is 4.79 Å². The topological polar surface area (TPSA) is 114 Å². The number of carbonyl (C=O) groups excluding carboxylic acids is 1. The first-order chi connectivity index (χ1) is 15.1. The molecule has 0 bridgehead atoms. The Hall–Kier alpha value is -3.05. The Balaban J connectivity index is 1.70. The van der Waals surface area contributed by atoms with Gasteiger partial charge in [0.2, 0.25) is 11.5 Å². The van der Waals surface area contributed by atoms with Crippen LogP contribution in [0.2, 0.25) is 0 Å². The van der Waals surface area contributed by atoms with E-state index in [1.807, 2.05) is 0 Å². The molecule has 4 rings (SSSR count). The molecule has 2 unspecified atom stereocenters. The molecular formula is C21H22O10. The molecule has 2 aliphatic rings. The summed E-state index contributed by atoms with van der Waals surface area (Å²) in [4.78, 5) is 13.2. The lowest BCUT2D eigenvalue weighted by Gasteiger charge is -2.25. The number of phenolic OH excluding ortho intramolecular Hbond substituents is 1. The number of Topliss-reactive ketones (excluding diaryl/α,β-unsaturated/α-hetero) is 1. The second-order valence-electron chi connectivity index (χ2n) is 6.73. The van der Waals surface area contributed by atoms with Crippen molar-refractivity contribution in [2.45, 2.75) is 11.9 Å². The normalized spacial score (nSPS) is 21.0. The molecule has 1 N–H and O–H groups in total. The van der Waals surface area contributed by atoms with E-state index in [9.17, 15) is 9.90 Å². The molecule has 2 aromatic carbocycles. The minimum Gasteiger partial charge on any atom is -0.502 e. The Morgan fingerprint density at radius 2 is 1.55 bits per heavy atom. The van der Waals surface area contributed by atoms with E-state index < -0.39 is 11.9 Å². The minimum absolute atomic E-state index is 0.0251. The molecule has 0 spiro atoms. The van der Waals surface area contributed by atoms with Crippen molar-refractivity contribution in [1.29, 1.82) is 0 Å². The van der Waals surface area contributed by atoms with Crippen LogP contribution < -0.4 is 18.9 Å². The molecule has 0 saturated carbocycles. The van der Waals surface area contributed by atoms with Gasteiger partial charge in [0.25, 0.3) is 5.79 Å². The van der Waals surface area contributed by atoms with Crippen molar-refractivity contribution in [3.05, 3.63) is 41.5 Å². The number of hydrogen-bond acceptors (Lipinski definition) is 10. The fourth-order valence-corrected chi connectivity index (χ4v) is 3.32. The van der Waals surface area contributed by atoms with Gasteiger partial charge in [0.15, 0.2) is 38.0 Å². The molecule has 2 heterocycles. The Morgan fingerprint density at radius 3 is 2.19 bits per heavy atom. The number of carbonyl (C=O) groups is 1. The first-order valence-electron chi connectivity index (χ1n) is 9.32. The van der Waals surface area contributed by atoms with Gasteiger partial charge in [-0.15, -0.1) is 0 Å².